The summed E-state index contributed by atoms with van der Waals surface area (Å²) in [5.74, 6) is 0.229. The smallest absolute Gasteiger partial charge is 0.261 e. The highest BCUT2D eigenvalue weighted by molar-refractivity contribution is 6.26. The van der Waals surface area contributed by atoms with E-state index in [1.54, 1.807) is 12.3 Å². The van der Waals surface area contributed by atoms with Gasteiger partial charge >= 0.3 is 0 Å². The third-order valence-corrected chi connectivity index (χ3v) is 4.50. The van der Waals surface area contributed by atoms with Gasteiger partial charge in [-0.15, -0.1) is 0 Å². The van der Waals surface area contributed by atoms with Crippen molar-refractivity contribution in [1.82, 2.24) is 9.80 Å². The van der Waals surface area contributed by atoms with Gasteiger partial charge in [0.2, 0.25) is 0 Å². The zero-order valence-corrected chi connectivity index (χ0v) is 14.2. The topological polar surface area (TPSA) is 53.8 Å². The molecule has 2 aromatic carbocycles. The second-order valence-corrected chi connectivity index (χ2v) is 6.47. The van der Waals surface area contributed by atoms with Gasteiger partial charge in [-0.3, -0.25) is 14.5 Å². The molecule has 2 amide bonds. The molecule has 4 rings (SSSR count). The van der Waals surface area contributed by atoms with E-state index >= 15 is 0 Å². The van der Waals surface area contributed by atoms with Gasteiger partial charge in [-0.25, -0.2) is 0 Å². The standard InChI is InChI=1S/C20H18N2O3/c1-21(2)8-9-22-19(23)15-6-3-5-13-11-14(17-7-4-10-25-17)12-16(18(13)15)20(22)24/h3-7,10-12H,8-9H2,1-2H3. The van der Waals surface area contributed by atoms with Crippen molar-refractivity contribution in [1.29, 1.82) is 0 Å². The van der Waals surface area contributed by atoms with Crippen LogP contribution in [0.2, 0.25) is 0 Å². The molecule has 2 heterocycles. The maximum Gasteiger partial charge on any atom is 0.261 e. The Morgan fingerprint density at radius 1 is 1.00 bits per heavy atom. The van der Waals surface area contributed by atoms with Crippen molar-refractivity contribution >= 4 is 22.6 Å². The number of nitrogens with zero attached hydrogens (tertiary/aromatic N) is 2. The van der Waals surface area contributed by atoms with E-state index in [1.807, 2.05) is 55.4 Å². The molecule has 1 aliphatic heterocycles. The lowest BCUT2D eigenvalue weighted by molar-refractivity contribution is 0.0601. The molecule has 126 valence electrons. The monoisotopic (exact) mass is 334 g/mol. The van der Waals surface area contributed by atoms with Crippen LogP contribution in [0.5, 0.6) is 0 Å². The van der Waals surface area contributed by atoms with Gasteiger partial charge in [0.1, 0.15) is 5.76 Å². The lowest BCUT2D eigenvalue weighted by atomic mass is 9.91. The van der Waals surface area contributed by atoms with Crippen molar-refractivity contribution in [2.75, 3.05) is 27.2 Å². The Morgan fingerprint density at radius 3 is 2.52 bits per heavy atom. The molecule has 0 atom stereocenters. The SMILES string of the molecule is CN(C)CCN1C(=O)c2cccc3cc(-c4ccco4)cc(c23)C1=O. The Bertz CT molecular complexity index is 974. The molecule has 1 aliphatic rings. The molecule has 0 bridgehead atoms. The highest BCUT2D eigenvalue weighted by atomic mass is 16.3. The predicted molar refractivity (Wildman–Crippen MR) is 95.6 cm³/mol. The summed E-state index contributed by atoms with van der Waals surface area (Å²) < 4.78 is 5.48. The molecule has 0 radical (unpaired) electrons. The lowest BCUT2D eigenvalue weighted by Gasteiger charge is -2.28. The summed E-state index contributed by atoms with van der Waals surface area (Å²) in [5.41, 5.74) is 1.97. The van der Waals surface area contributed by atoms with Crippen LogP contribution in [0.4, 0.5) is 0 Å². The zero-order valence-electron chi connectivity index (χ0n) is 14.2. The molecule has 1 aromatic heterocycles. The number of carbonyl (C=O) groups excluding carboxylic acids is 2. The van der Waals surface area contributed by atoms with Crippen molar-refractivity contribution in [3.05, 3.63) is 59.9 Å². The number of carbonyl (C=O) groups is 2. The average Bonchev–Trinajstić information content (AvgIpc) is 3.13. The first-order valence-electron chi connectivity index (χ1n) is 8.18. The van der Waals surface area contributed by atoms with Gasteiger partial charge in [-0.2, -0.15) is 0 Å². The highest BCUT2D eigenvalue weighted by Gasteiger charge is 2.33. The van der Waals surface area contributed by atoms with Crippen molar-refractivity contribution in [2.24, 2.45) is 0 Å². The minimum absolute atomic E-state index is 0.226. The van der Waals surface area contributed by atoms with Crippen molar-refractivity contribution in [2.45, 2.75) is 0 Å². The molecule has 5 heteroatoms. The lowest BCUT2D eigenvalue weighted by Crippen LogP contribution is -2.43. The van der Waals surface area contributed by atoms with Gasteiger partial charge in [-0.05, 0) is 49.8 Å². The summed E-state index contributed by atoms with van der Waals surface area (Å²) in [5, 5.41) is 1.60. The van der Waals surface area contributed by atoms with Gasteiger partial charge in [0.25, 0.3) is 11.8 Å². The van der Waals surface area contributed by atoms with E-state index in [0.717, 1.165) is 16.3 Å². The molecular formula is C20H18N2O3. The first-order chi connectivity index (χ1) is 12.1. The number of likely N-dealkylation sites (N-methyl/N-ethyl adjacent to an activating group) is 1. The second-order valence-electron chi connectivity index (χ2n) is 6.47. The number of furan rings is 1. The second kappa shape index (κ2) is 5.86. The summed E-state index contributed by atoms with van der Waals surface area (Å²) >= 11 is 0. The molecule has 0 saturated carbocycles. The Labute approximate surface area is 145 Å². The summed E-state index contributed by atoms with van der Waals surface area (Å²) in [4.78, 5) is 29.1. The first kappa shape index (κ1) is 15.6. The van der Waals surface area contributed by atoms with Crippen LogP contribution in [0.3, 0.4) is 0 Å². The maximum absolute atomic E-state index is 13.0. The van der Waals surface area contributed by atoms with Gasteiger partial charge in [0.15, 0.2) is 0 Å². The first-order valence-corrected chi connectivity index (χ1v) is 8.18. The molecular weight excluding hydrogens is 316 g/mol. The van der Waals surface area contributed by atoms with E-state index in [9.17, 15) is 9.59 Å². The van der Waals surface area contributed by atoms with E-state index in [0.29, 0.717) is 30.0 Å². The van der Waals surface area contributed by atoms with E-state index in [-0.39, 0.29) is 11.8 Å². The van der Waals surface area contributed by atoms with E-state index in [2.05, 4.69) is 0 Å². The Morgan fingerprint density at radius 2 is 1.80 bits per heavy atom. The third kappa shape index (κ3) is 2.53. The van der Waals surface area contributed by atoms with Crippen LogP contribution in [0, 0.1) is 0 Å². The minimum atomic E-state index is -0.246. The van der Waals surface area contributed by atoms with Crippen LogP contribution in [-0.2, 0) is 0 Å². The number of imide groups is 1. The van der Waals surface area contributed by atoms with Crippen molar-refractivity contribution in [3.63, 3.8) is 0 Å². The summed E-state index contributed by atoms with van der Waals surface area (Å²) in [6.45, 7) is 0.992. The molecule has 0 unspecified atom stereocenters. The number of amides is 2. The van der Waals surface area contributed by atoms with E-state index in [1.165, 1.54) is 4.90 Å². The molecule has 0 fully saturated rings. The summed E-state index contributed by atoms with van der Waals surface area (Å²) in [7, 11) is 3.84. The molecule has 0 N–H and O–H groups in total. The van der Waals surface area contributed by atoms with Crippen LogP contribution >= 0.6 is 0 Å². The molecule has 3 aromatic rings. The molecule has 5 nitrogen and oxygen atoms in total. The van der Waals surface area contributed by atoms with Gasteiger partial charge in [0.05, 0.1) is 6.26 Å². The highest BCUT2D eigenvalue weighted by Crippen LogP contribution is 2.34. The fourth-order valence-corrected chi connectivity index (χ4v) is 3.25. The molecule has 25 heavy (non-hydrogen) atoms. The van der Waals surface area contributed by atoms with Crippen LogP contribution in [0.25, 0.3) is 22.1 Å². The summed E-state index contributed by atoms with van der Waals surface area (Å²) in [6.07, 6.45) is 1.61. The number of hydrogen-bond donors (Lipinski definition) is 0. The zero-order chi connectivity index (χ0) is 17.6. The predicted octanol–water partition coefficient (Wildman–Crippen LogP) is 3.26. The molecule has 0 aliphatic carbocycles. The maximum atomic E-state index is 13.0. The van der Waals surface area contributed by atoms with Crippen LogP contribution in [-0.4, -0.2) is 48.8 Å². The van der Waals surface area contributed by atoms with E-state index in [4.69, 9.17) is 4.42 Å². The van der Waals surface area contributed by atoms with Crippen molar-refractivity contribution in [3.8, 4) is 11.3 Å². The van der Waals surface area contributed by atoms with Gasteiger partial charge in [0, 0.05) is 35.2 Å². The average molecular weight is 334 g/mol. The largest absolute Gasteiger partial charge is 0.464 e. The van der Waals surface area contributed by atoms with Crippen molar-refractivity contribution < 1.29 is 14.0 Å². The Kier molecular flexibility index (Phi) is 3.66. The van der Waals surface area contributed by atoms with Crippen LogP contribution in [0.15, 0.2) is 53.1 Å². The molecule has 0 spiro atoms. The van der Waals surface area contributed by atoms with Crippen LogP contribution < -0.4 is 0 Å². The normalized spacial score (nSPS) is 14.0. The van der Waals surface area contributed by atoms with Gasteiger partial charge < -0.3 is 9.32 Å². The van der Waals surface area contributed by atoms with Crippen LogP contribution in [0.1, 0.15) is 20.7 Å². The third-order valence-electron chi connectivity index (χ3n) is 4.50. The van der Waals surface area contributed by atoms with E-state index < -0.39 is 0 Å². The summed E-state index contributed by atoms with van der Waals surface area (Å²) in [6, 6.07) is 13.0. The quantitative estimate of drug-likeness (QED) is 0.687. The van der Waals surface area contributed by atoms with Gasteiger partial charge in [-0.1, -0.05) is 12.1 Å². The Hall–Kier alpha value is -2.92. The number of hydrogen-bond acceptors (Lipinski definition) is 4. The fraction of sp³-hybridized carbons (Fsp3) is 0.200. The minimum Gasteiger partial charge on any atom is -0.464 e. The fourth-order valence-electron chi connectivity index (χ4n) is 3.25. The number of rotatable bonds is 4. The Balaban J connectivity index is 1.89. The number of benzene rings is 2. The molecule has 0 saturated heterocycles.